The van der Waals surface area contributed by atoms with Gasteiger partial charge in [0.15, 0.2) is 0 Å². The Balaban J connectivity index is 1.66. The largest absolute Gasteiger partial charge is 0.496 e. The number of carbonyl (C=O) groups is 2. The van der Waals surface area contributed by atoms with Gasteiger partial charge in [0.2, 0.25) is 11.8 Å². The van der Waals surface area contributed by atoms with E-state index in [1.54, 1.807) is 13.2 Å². The summed E-state index contributed by atoms with van der Waals surface area (Å²) >= 11 is 0. The lowest BCUT2D eigenvalue weighted by atomic mass is 9.97. The third-order valence-corrected chi connectivity index (χ3v) is 5.13. The monoisotopic (exact) mass is 393 g/mol. The average molecular weight is 393 g/mol. The predicted molar refractivity (Wildman–Crippen MR) is 114 cm³/mol. The van der Waals surface area contributed by atoms with Crippen LogP contribution in [0.1, 0.15) is 24.0 Å². The predicted octanol–water partition coefficient (Wildman–Crippen LogP) is 3.04. The highest BCUT2D eigenvalue weighted by Gasteiger charge is 2.24. The van der Waals surface area contributed by atoms with E-state index in [1.807, 2.05) is 48.5 Å². The van der Waals surface area contributed by atoms with Crippen molar-refractivity contribution in [1.82, 2.24) is 4.90 Å². The molecule has 1 fully saturated rings. The summed E-state index contributed by atoms with van der Waals surface area (Å²) in [5.74, 6) is 0.162. The maximum atomic E-state index is 12.5. The molecule has 2 aromatic rings. The lowest BCUT2D eigenvalue weighted by molar-refractivity contribution is -0.123. The second kappa shape index (κ2) is 9.89. The molecule has 1 aliphatic heterocycles. The van der Waals surface area contributed by atoms with Crippen LogP contribution in [0.2, 0.25) is 0 Å². The molecule has 0 bridgehead atoms. The first kappa shape index (κ1) is 20.6. The van der Waals surface area contributed by atoms with Crippen LogP contribution in [0, 0.1) is 5.92 Å². The van der Waals surface area contributed by atoms with Crippen LogP contribution in [-0.4, -0.2) is 36.9 Å². The summed E-state index contributed by atoms with van der Waals surface area (Å²) in [6.45, 7) is 2.24. The molecule has 2 aromatic carbocycles. The molecule has 1 heterocycles. The molecular formula is C23H27N3O3. The Morgan fingerprint density at radius 1 is 1.21 bits per heavy atom. The zero-order valence-corrected chi connectivity index (χ0v) is 16.6. The van der Waals surface area contributed by atoms with E-state index in [2.05, 4.69) is 10.2 Å². The van der Waals surface area contributed by atoms with E-state index in [9.17, 15) is 9.59 Å². The maximum absolute atomic E-state index is 12.5. The molecule has 6 heteroatoms. The minimum atomic E-state index is -0.238. The van der Waals surface area contributed by atoms with Crippen LogP contribution in [0.15, 0.2) is 54.6 Å². The van der Waals surface area contributed by atoms with Crippen LogP contribution in [0.25, 0.3) is 6.08 Å². The van der Waals surface area contributed by atoms with Crippen molar-refractivity contribution >= 4 is 23.6 Å². The molecule has 6 nitrogen and oxygen atoms in total. The lowest BCUT2D eigenvalue weighted by Gasteiger charge is -2.31. The van der Waals surface area contributed by atoms with Gasteiger partial charge in [-0.25, -0.2) is 0 Å². The number of nitrogens with two attached hydrogens (primary N) is 1. The molecule has 0 radical (unpaired) electrons. The Kier molecular flexibility index (Phi) is 7.03. The Morgan fingerprint density at radius 3 is 2.76 bits per heavy atom. The normalized spacial score (nSPS) is 17.2. The lowest BCUT2D eigenvalue weighted by Crippen LogP contribution is -2.40. The van der Waals surface area contributed by atoms with E-state index in [1.165, 1.54) is 6.08 Å². The first-order chi connectivity index (χ1) is 14.1. The number of anilines is 1. The van der Waals surface area contributed by atoms with Crippen molar-refractivity contribution < 1.29 is 14.3 Å². The minimum absolute atomic E-state index is 0.103. The number of methoxy groups -OCH3 is 1. The number of nitrogens with one attached hydrogen (secondary N) is 1. The zero-order chi connectivity index (χ0) is 20.6. The van der Waals surface area contributed by atoms with Crippen LogP contribution in [0.4, 0.5) is 5.69 Å². The van der Waals surface area contributed by atoms with E-state index in [0.29, 0.717) is 18.8 Å². The van der Waals surface area contributed by atoms with E-state index < -0.39 is 0 Å². The molecule has 0 aromatic heterocycles. The number of nitrogens with zero attached hydrogens (tertiary/aromatic N) is 1. The average Bonchev–Trinajstić information content (AvgIpc) is 2.74. The molecule has 0 aliphatic carbocycles. The SMILES string of the molecule is COc1ccccc1/C=C/C(=O)Nc1ccccc1CN1CCCC(C(N)=O)C1. The summed E-state index contributed by atoms with van der Waals surface area (Å²) < 4.78 is 5.30. The van der Waals surface area contributed by atoms with Crippen LogP contribution < -0.4 is 15.8 Å². The summed E-state index contributed by atoms with van der Waals surface area (Å²) in [6.07, 6.45) is 5.03. The second-order valence-electron chi connectivity index (χ2n) is 7.20. The number of primary amides is 1. The number of para-hydroxylation sites is 2. The Labute approximate surface area is 171 Å². The Bertz CT molecular complexity index is 894. The van der Waals surface area contributed by atoms with Crippen molar-refractivity contribution in [2.75, 3.05) is 25.5 Å². The highest BCUT2D eigenvalue weighted by Crippen LogP contribution is 2.23. The third kappa shape index (κ3) is 5.68. The summed E-state index contributed by atoms with van der Waals surface area (Å²) in [4.78, 5) is 26.2. The highest BCUT2D eigenvalue weighted by molar-refractivity contribution is 6.02. The topological polar surface area (TPSA) is 84.7 Å². The molecule has 3 rings (SSSR count). The van der Waals surface area contributed by atoms with Gasteiger partial charge in [0.25, 0.3) is 0 Å². The number of benzene rings is 2. The summed E-state index contributed by atoms with van der Waals surface area (Å²) in [7, 11) is 1.60. The van der Waals surface area contributed by atoms with Crippen LogP contribution >= 0.6 is 0 Å². The number of piperidine rings is 1. The van der Waals surface area contributed by atoms with E-state index in [4.69, 9.17) is 10.5 Å². The summed E-state index contributed by atoms with van der Waals surface area (Å²) in [5, 5.41) is 2.96. The van der Waals surface area contributed by atoms with Crippen LogP contribution in [-0.2, 0) is 16.1 Å². The molecule has 0 spiro atoms. The van der Waals surface area contributed by atoms with E-state index >= 15 is 0 Å². The van der Waals surface area contributed by atoms with Crippen LogP contribution in [0.5, 0.6) is 5.75 Å². The van der Waals surface area contributed by atoms with Gasteiger partial charge in [-0.3, -0.25) is 14.5 Å². The first-order valence-corrected chi connectivity index (χ1v) is 9.78. The van der Waals surface area contributed by atoms with Gasteiger partial charge in [-0.15, -0.1) is 0 Å². The molecule has 1 saturated heterocycles. The quantitative estimate of drug-likeness (QED) is 0.708. The summed E-state index contributed by atoms with van der Waals surface area (Å²) in [5.41, 5.74) is 8.10. The van der Waals surface area contributed by atoms with E-state index in [0.717, 1.165) is 36.2 Å². The molecule has 29 heavy (non-hydrogen) atoms. The number of likely N-dealkylation sites (tertiary alicyclic amines) is 1. The van der Waals surface area contributed by atoms with Crippen molar-refractivity contribution in [2.24, 2.45) is 11.7 Å². The number of amides is 2. The summed E-state index contributed by atoms with van der Waals surface area (Å²) in [6, 6.07) is 15.2. The number of hydrogen-bond donors (Lipinski definition) is 2. The van der Waals surface area contributed by atoms with Gasteiger partial charge in [-0.2, -0.15) is 0 Å². The number of carbonyl (C=O) groups excluding carboxylic acids is 2. The van der Waals surface area contributed by atoms with Gasteiger partial charge in [0.05, 0.1) is 13.0 Å². The molecule has 1 atom stereocenters. The number of ether oxygens (including phenoxy) is 1. The Hall–Kier alpha value is -3.12. The molecule has 2 amide bonds. The molecule has 152 valence electrons. The Morgan fingerprint density at radius 2 is 1.97 bits per heavy atom. The van der Waals surface area contributed by atoms with Crippen molar-refractivity contribution in [3.63, 3.8) is 0 Å². The molecule has 1 aliphatic rings. The van der Waals surface area contributed by atoms with Gasteiger partial charge < -0.3 is 15.8 Å². The zero-order valence-electron chi connectivity index (χ0n) is 16.6. The van der Waals surface area contributed by atoms with Gasteiger partial charge >= 0.3 is 0 Å². The van der Waals surface area contributed by atoms with Gasteiger partial charge in [0.1, 0.15) is 5.75 Å². The van der Waals surface area contributed by atoms with Gasteiger partial charge in [0, 0.05) is 30.4 Å². The van der Waals surface area contributed by atoms with Crippen molar-refractivity contribution in [3.8, 4) is 5.75 Å². The van der Waals surface area contributed by atoms with Crippen molar-refractivity contribution in [1.29, 1.82) is 0 Å². The molecule has 3 N–H and O–H groups in total. The molecule has 1 unspecified atom stereocenters. The van der Waals surface area contributed by atoms with Gasteiger partial charge in [-0.05, 0) is 43.2 Å². The van der Waals surface area contributed by atoms with Gasteiger partial charge in [-0.1, -0.05) is 36.4 Å². The van der Waals surface area contributed by atoms with Crippen molar-refractivity contribution in [2.45, 2.75) is 19.4 Å². The van der Waals surface area contributed by atoms with E-state index in [-0.39, 0.29) is 17.7 Å². The number of rotatable bonds is 7. The first-order valence-electron chi connectivity index (χ1n) is 9.78. The third-order valence-electron chi connectivity index (χ3n) is 5.13. The number of hydrogen-bond acceptors (Lipinski definition) is 4. The smallest absolute Gasteiger partial charge is 0.248 e. The molecular weight excluding hydrogens is 366 g/mol. The fourth-order valence-corrected chi connectivity index (χ4v) is 3.60. The van der Waals surface area contributed by atoms with Crippen molar-refractivity contribution in [3.05, 3.63) is 65.7 Å². The second-order valence-corrected chi connectivity index (χ2v) is 7.20. The standard InChI is InChI=1S/C23H27N3O3/c1-29-21-11-5-3-7-17(21)12-13-22(27)25-20-10-4-2-8-18(20)15-26-14-6-9-19(16-26)23(24)28/h2-5,7-8,10-13,19H,6,9,14-16H2,1H3,(H2,24,28)(H,25,27)/b13-12+. The highest BCUT2D eigenvalue weighted by atomic mass is 16.5. The fraction of sp³-hybridized carbons (Fsp3) is 0.304. The fourth-order valence-electron chi connectivity index (χ4n) is 3.60. The maximum Gasteiger partial charge on any atom is 0.248 e. The van der Waals surface area contributed by atoms with Crippen LogP contribution in [0.3, 0.4) is 0 Å². The molecule has 0 saturated carbocycles. The minimum Gasteiger partial charge on any atom is -0.496 e.